The van der Waals surface area contributed by atoms with Gasteiger partial charge in [-0.25, -0.2) is 4.79 Å². The maximum atomic E-state index is 12.8. The number of hydrogen-bond donors (Lipinski definition) is 2. The van der Waals surface area contributed by atoms with Gasteiger partial charge in [0.25, 0.3) is 0 Å². The number of allylic oxidation sites excluding steroid dienone is 3. The summed E-state index contributed by atoms with van der Waals surface area (Å²) in [5, 5.41) is 27.6. The van der Waals surface area contributed by atoms with E-state index >= 15 is 0 Å². The molecule has 2 aromatic rings. The monoisotopic (exact) mass is 456 g/mol. The molecule has 0 radical (unpaired) electrons. The van der Waals surface area contributed by atoms with Crippen LogP contribution in [0.1, 0.15) is 52.7 Å². The molecule has 32 heavy (non-hydrogen) atoms. The fourth-order valence-corrected chi connectivity index (χ4v) is 4.04. The predicted molar refractivity (Wildman–Crippen MR) is 122 cm³/mol. The Morgan fingerprint density at radius 1 is 1.12 bits per heavy atom. The maximum absolute atomic E-state index is 12.8. The second kappa shape index (κ2) is 10.1. The smallest absolute Gasteiger partial charge is 0.348 e. The van der Waals surface area contributed by atoms with Crippen LogP contribution >= 0.6 is 11.3 Å². The van der Waals surface area contributed by atoms with Crippen LogP contribution in [-0.2, 0) is 4.74 Å². The fraction of sp³-hybridized carbons (Fsp3) is 0.261. The van der Waals surface area contributed by atoms with Crippen molar-refractivity contribution in [2.75, 3.05) is 14.2 Å². The summed E-state index contributed by atoms with van der Waals surface area (Å²) in [4.78, 5) is 13.2. The highest BCUT2D eigenvalue weighted by atomic mass is 32.1. The number of nitrogens with zero attached hydrogens (tertiary/aromatic N) is 2. The number of carbonyl (C=O) groups excluding carboxylic acids is 1. The third-order valence-electron chi connectivity index (χ3n) is 4.88. The highest BCUT2D eigenvalue weighted by Gasteiger charge is 2.32. The molecule has 0 saturated heterocycles. The molecule has 0 spiro atoms. The van der Waals surface area contributed by atoms with E-state index in [1.807, 2.05) is 19.9 Å². The van der Waals surface area contributed by atoms with Crippen LogP contribution in [0, 0.1) is 0 Å². The average Bonchev–Trinajstić information content (AvgIpc) is 3.34. The van der Waals surface area contributed by atoms with E-state index < -0.39 is 12.1 Å². The Hall–Kier alpha value is -3.59. The third kappa shape index (κ3) is 4.52. The Morgan fingerprint density at radius 3 is 2.34 bits per heavy atom. The number of hydrogen-bond acceptors (Lipinski definition) is 9. The molecule has 8 nitrogen and oxygen atoms in total. The van der Waals surface area contributed by atoms with Crippen molar-refractivity contribution in [1.29, 1.82) is 0 Å². The summed E-state index contributed by atoms with van der Waals surface area (Å²) in [6, 6.07) is 5.16. The van der Waals surface area contributed by atoms with E-state index in [-0.39, 0.29) is 11.4 Å². The summed E-state index contributed by atoms with van der Waals surface area (Å²) < 4.78 is 17.1. The van der Waals surface area contributed by atoms with Gasteiger partial charge in [-0.1, -0.05) is 28.0 Å². The molecule has 168 valence electrons. The number of fused-ring (bicyclic) bond motifs is 1. The molecule has 3 rings (SSSR count). The first kappa shape index (κ1) is 23.1. The molecular weight excluding hydrogens is 432 g/mol. The van der Waals surface area contributed by atoms with Crippen LogP contribution in [0.5, 0.6) is 11.5 Å². The molecule has 0 amide bonds. The zero-order valence-corrected chi connectivity index (χ0v) is 19.0. The Morgan fingerprint density at radius 2 is 1.81 bits per heavy atom. The minimum atomic E-state index is -0.714. The molecule has 9 heteroatoms. The summed E-state index contributed by atoms with van der Waals surface area (Å²) in [6.07, 6.45) is 4.62. The van der Waals surface area contributed by atoms with Gasteiger partial charge in [-0.3, -0.25) is 0 Å². The molecule has 0 fully saturated rings. The Labute approximate surface area is 189 Å². The average molecular weight is 457 g/mol. The summed E-state index contributed by atoms with van der Waals surface area (Å²) in [5.41, 5.74) is 2.76. The molecule has 1 aromatic heterocycles. The lowest BCUT2D eigenvalue weighted by atomic mass is 9.88. The van der Waals surface area contributed by atoms with Crippen molar-refractivity contribution in [3.8, 4) is 11.5 Å². The van der Waals surface area contributed by atoms with E-state index in [0.717, 1.165) is 5.57 Å². The maximum Gasteiger partial charge on any atom is 0.348 e. The zero-order valence-electron chi connectivity index (χ0n) is 18.2. The molecule has 0 aliphatic heterocycles. The molecule has 0 bridgehead atoms. The zero-order chi connectivity index (χ0) is 23.3. The predicted octanol–water partition coefficient (Wildman–Crippen LogP) is 4.95. The van der Waals surface area contributed by atoms with Crippen molar-refractivity contribution in [3.63, 3.8) is 0 Å². The molecule has 1 aliphatic carbocycles. The molecule has 1 aromatic carbocycles. The van der Waals surface area contributed by atoms with E-state index in [1.165, 1.54) is 37.7 Å². The molecule has 1 aliphatic rings. The number of benzene rings is 1. The van der Waals surface area contributed by atoms with Crippen molar-refractivity contribution in [3.05, 3.63) is 68.9 Å². The lowest BCUT2D eigenvalue weighted by molar-refractivity contribution is 0.0303. The van der Waals surface area contributed by atoms with E-state index in [0.29, 0.717) is 39.5 Å². The van der Waals surface area contributed by atoms with Crippen molar-refractivity contribution >= 4 is 28.7 Å². The van der Waals surface area contributed by atoms with Crippen LogP contribution in [0.25, 0.3) is 0 Å². The van der Waals surface area contributed by atoms with Gasteiger partial charge in [-0.15, -0.1) is 11.3 Å². The molecule has 0 saturated carbocycles. The van der Waals surface area contributed by atoms with Crippen molar-refractivity contribution < 1.29 is 29.4 Å². The Kier molecular flexibility index (Phi) is 7.32. The van der Waals surface area contributed by atoms with Crippen LogP contribution in [-0.4, -0.2) is 42.0 Å². The first-order valence-electron chi connectivity index (χ1n) is 9.74. The fourth-order valence-electron chi connectivity index (χ4n) is 3.43. The molecule has 2 N–H and O–H groups in total. The van der Waals surface area contributed by atoms with Crippen LogP contribution in [0.4, 0.5) is 0 Å². The highest BCUT2D eigenvalue weighted by molar-refractivity contribution is 7.11. The van der Waals surface area contributed by atoms with E-state index in [4.69, 9.17) is 14.2 Å². The largest absolute Gasteiger partial charge is 0.496 e. The lowest BCUT2D eigenvalue weighted by Crippen LogP contribution is -2.19. The second-order valence-corrected chi connectivity index (χ2v) is 8.09. The molecule has 0 unspecified atom stereocenters. The highest BCUT2D eigenvalue weighted by Crippen LogP contribution is 2.42. The van der Waals surface area contributed by atoms with Gasteiger partial charge in [0.05, 0.1) is 25.3 Å². The van der Waals surface area contributed by atoms with Gasteiger partial charge in [0, 0.05) is 12.0 Å². The van der Waals surface area contributed by atoms with Crippen molar-refractivity contribution in [2.45, 2.75) is 26.4 Å². The van der Waals surface area contributed by atoms with Gasteiger partial charge < -0.3 is 24.6 Å². The Bertz CT molecular complexity index is 1110. The minimum absolute atomic E-state index is 0.190. The summed E-state index contributed by atoms with van der Waals surface area (Å²) in [7, 11) is 2.94. The Balaban J connectivity index is 2.22. The van der Waals surface area contributed by atoms with E-state index in [1.54, 1.807) is 23.6 Å². The van der Waals surface area contributed by atoms with Gasteiger partial charge in [-0.2, -0.15) is 0 Å². The summed E-state index contributed by atoms with van der Waals surface area (Å²) in [5.74, 6) is 0.216. The number of oxime groups is 2. The minimum Gasteiger partial charge on any atom is -0.496 e. The van der Waals surface area contributed by atoms with Gasteiger partial charge in [-0.05, 0) is 43.5 Å². The third-order valence-corrected chi connectivity index (χ3v) is 5.73. The van der Waals surface area contributed by atoms with Crippen LogP contribution in [0.15, 0.2) is 57.7 Å². The number of methoxy groups -OCH3 is 2. The number of rotatable bonds is 7. The van der Waals surface area contributed by atoms with E-state index in [9.17, 15) is 15.2 Å². The number of thiophene rings is 1. The van der Waals surface area contributed by atoms with Crippen LogP contribution < -0.4 is 9.47 Å². The first-order chi connectivity index (χ1) is 15.4. The number of ether oxygens (including phenoxy) is 3. The van der Waals surface area contributed by atoms with Crippen LogP contribution in [0.3, 0.4) is 0 Å². The van der Waals surface area contributed by atoms with Gasteiger partial charge >= 0.3 is 5.97 Å². The number of carbonyl (C=O) groups is 1. The van der Waals surface area contributed by atoms with Crippen LogP contribution in [0.2, 0.25) is 0 Å². The van der Waals surface area contributed by atoms with Gasteiger partial charge in [0.15, 0.2) is 0 Å². The molecule has 1 heterocycles. The topological polar surface area (TPSA) is 110 Å². The summed E-state index contributed by atoms with van der Waals surface area (Å²) >= 11 is 1.29. The standard InChI is InChI=1S/C23H24N2O6S/c1-13(2)7-10-17(31-23(26)19-6-5-11-32-19)14-12-18(29-3)20-15(24-27)8-9-16(25-28)21(20)22(14)30-4/h5-9,11-12,17,27-28H,10H2,1-4H3/b24-15+,25-16+/t17-/m1/s1. The quantitative estimate of drug-likeness (QED) is 0.264. The first-order valence-corrected chi connectivity index (χ1v) is 10.6. The molecule has 1 atom stereocenters. The second-order valence-electron chi connectivity index (χ2n) is 7.14. The van der Waals surface area contributed by atoms with Crippen molar-refractivity contribution in [1.82, 2.24) is 0 Å². The van der Waals surface area contributed by atoms with Crippen molar-refractivity contribution in [2.24, 2.45) is 10.3 Å². The SMILES string of the molecule is COc1cc([C@@H](CC=C(C)C)OC(=O)c2cccs2)c(OC)c2c1/C(=N/O)C=C/C2=N\O. The summed E-state index contributed by atoms with van der Waals surface area (Å²) in [6.45, 7) is 3.91. The normalized spacial score (nSPS) is 15.9. The lowest BCUT2D eigenvalue weighted by Gasteiger charge is -2.25. The van der Waals surface area contributed by atoms with Gasteiger partial charge in [0.1, 0.15) is 33.9 Å². The number of esters is 1. The van der Waals surface area contributed by atoms with E-state index in [2.05, 4.69) is 10.3 Å². The van der Waals surface area contributed by atoms with Gasteiger partial charge in [0.2, 0.25) is 0 Å². The molecular formula is C23H24N2O6S.